The van der Waals surface area contributed by atoms with Gasteiger partial charge in [0.15, 0.2) is 0 Å². The maximum Gasteiger partial charge on any atom is 0.256 e. The predicted octanol–water partition coefficient (Wildman–Crippen LogP) is 2.69. The molecule has 2 amide bonds. The van der Waals surface area contributed by atoms with Gasteiger partial charge in [-0.1, -0.05) is 6.07 Å². The minimum atomic E-state index is -0.179. The first kappa shape index (κ1) is 19.3. The third-order valence-electron chi connectivity index (χ3n) is 5.88. The fourth-order valence-electron chi connectivity index (χ4n) is 4.28. The highest BCUT2D eigenvalue weighted by atomic mass is 16.2. The van der Waals surface area contributed by atoms with Crippen molar-refractivity contribution in [3.8, 4) is 11.1 Å². The second kappa shape index (κ2) is 7.24. The van der Waals surface area contributed by atoms with Crippen molar-refractivity contribution >= 4 is 29.2 Å². The summed E-state index contributed by atoms with van der Waals surface area (Å²) >= 11 is 0. The highest BCUT2D eigenvalue weighted by Gasteiger charge is 2.27. The average molecular weight is 416 g/mol. The van der Waals surface area contributed by atoms with Gasteiger partial charge in [-0.15, -0.1) is 0 Å². The number of likely N-dealkylation sites (N-methyl/N-ethyl adjacent to an activating group) is 1. The van der Waals surface area contributed by atoms with Gasteiger partial charge in [0.1, 0.15) is 0 Å². The number of rotatable bonds is 0. The van der Waals surface area contributed by atoms with E-state index in [1.807, 2.05) is 38.1 Å². The van der Waals surface area contributed by atoms with E-state index in [0.29, 0.717) is 36.5 Å². The van der Waals surface area contributed by atoms with Gasteiger partial charge in [-0.25, -0.2) is 0 Å². The molecule has 2 aliphatic rings. The van der Waals surface area contributed by atoms with Crippen molar-refractivity contribution in [2.45, 2.75) is 20.4 Å². The lowest BCUT2D eigenvalue weighted by atomic mass is 9.97. The number of carbonyl (C=O) groups is 2. The topological polar surface area (TPSA) is 106 Å². The summed E-state index contributed by atoms with van der Waals surface area (Å²) in [6.07, 6.45) is 1.78. The van der Waals surface area contributed by atoms with Crippen LogP contribution in [0.3, 0.4) is 0 Å². The molecule has 5 rings (SSSR count). The lowest BCUT2D eigenvalue weighted by Gasteiger charge is -2.17. The van der Waals surface area contributed by atoms with E-state index in [4.69, 9.17) is 0 Å². The minimum Gasteiger partial charge on any atom is -0.358 e. The van der Waals surface area contributed by atoms with Crippen LogP contribution in [0.15, 0.2) is 24.3 Å². The summed E-state index contributed by atoms with van der Waals surface area (Å²) in [6, 6.07) is 7.78. The molecule has 0 fully saturated rings. The zero-order chi connectivity index (χ0) is 21.7. The fraction of sp³-hybridized carbons (Fsp3) is 0.261. The van der Waals surface area contributed by atoms with E-state index >= 15 is 0 Å². The number of carbonyl (C=O) groups excluding carboxylic acids is 2. The van der Waals surface area contributed by atoms with Crippen LogP contribution in [0.5, 0.6) is 0 Å². The molecule has 0 atom stereocenters. The molecular formula is C23H24N6O2. The van der Waals surface area contributed by atoms with Crippen LogP contribution in [0.25, 0.3) is 22.8 Å². The molecular weight excluding hydrogens is 392 g/mol. The van der Waals surface area contributed by atoms with Crippen molar-refractivity contribution in [2.75, 3.05) is 25.5 Å². The summed E-state index contributed by atoms with van der Waals surface area (Å²) in [5, 5.41) is 13.9. The van der Waals surface area contributed by atoms with E-state index in [1.165, 1.54) is 0 Å². The van der Waals surface area contributed by atoms with Crippen molar-refractivity contribution in [1.29, 1.82) is 0 Å². The Labute approximate surface area is 179 Å². The highest BCUT2D eigenvalue weighted by molar-refractivity contribution is 6.35. The number of nitrogens with zero attached hydrogens (tertiary/aromatic N) is 2. The number of H-pyrrole nitrogens is 2. The van der Waals surface area contributed by atoms with Crippen molar-refractivity contribution in [1.82, 2.24) is 25.4 Å². The molecule has 2 aromatic heterocycles. The lowest BCUT2D eigenvalue weighted by molar-refractivity contribution is -0.110. The number of benzene rings is 1. The van der Waals surface area contributed by atoms with Crippen molar-refractivity contribution in [3.05, 3.63) is 58.2 Å². The maximum atomic E-state index is 13.1. The van der Waals surface area contributed by atoms with Gasteiger partial charge in [0.25, 0.3) is 11.8 Å². The Bertz CT molecular complexity index is 1250. The molecule has 8 heteroatoms. The summed E-state index contributed by atoms with van der Waals surface area (Å²) < 4.78 is 0. The Hall–Kier alpha value is -3.65. The number of amides is 2. The molecule has 0 radical (unpaired) electrons. The number of fused-ring (bicyclic) bond motifs is 4. The smallest absolute Gasteiger partial charge is 0.256 e. The first-order valence-electron chi connectivity index (χ1n) is 10.3. The molecule has 0 spiro atoms. The molecule has 31 heavy (non-hydrogen) atoms. The largest absolute Gasteiger partial charge is 0.358 e. The standard InChI is InChI=1S/C23H24N6O2/c1-12-8-17-19(25-12)10-16-15-9-14(4-5-18(15)26-22(16)30)21-13(2)27-28-20(21)11-24-6-7-29(3)23(17)31/h4-5,8-10,24-25H,6-7,11H2,1-3H3,(H,26,30)(H,27,28)/b16-10-. The molecule has 1 aromatic carbocycles. The van der Waals surface area contributed by atoms with Crippen molar-refractivity contribution < 1.29 is 9.59 Å². The summed E-state index contributed by atoms with van der Waals surface area (Å²) in [4.78, 5) is 30.8. The third kappa shape index (κ3) is 3.25. The molecule has 0 saturated heterocycles. The van der Waals surface area contributed by atoms with Crippen LogP contribution in [0.2, 0.25) is 0 Å². The summed E-state index contributed by atoms with van der Waals surface area (Å²) in [6.45, 7) is 5.67. The lowest BCUT2D eigenvalue weighted by Crippen LogP contribution is -2.34. The number of aryl methyl sites for hydroxylation is 2. The number of aromatic amines is 2. The van der Waals surface area contributed by atoms with Crippen LogP contribution >= 0.6 is 0 Å². The summed E-state index contributed by atoms with van der Waals surface area (Å²) in [5.41, 5.74) is 8.09. The first-order valence-corrected chi connectivity index (χ1v) is 10.3. The van der Waals surface area contributed by atoms with Gasteiger partial charge >= 0.3 is 0 Å². The van der Waals surface area contributed by atoms with Gasteiger partial charge in [0.05, 0.1) is 22.5 Å². The van der Waals surface area contributed by atoms with Crippen LogP contribution in [0.1, 0.15) is 38.7 Å². The number of nitrogens with one attached hydrogen (secondary N) is 4. The van der Waals surface area contributed by atoms with E-state index in [9.17, 15) is 9.59 Å². The molecule has 4 heterocycles. The Morgan fingerprint density at radius 1 is 1.10 bits per heavy atom. The molecule has 0 saturated carbocycles. The molecule has 2 aliphatic heterocycles. The van der Waals surface area contributed by atoms with Gasteiger partial charge in [0, 0.05) is 54.9 Å². The van der Waals surface area contributed by atoms with Crippen molar-refractivity contribution in [2.24, 2.45) is 0 Å². The molecule has 8 nitrogen and oxygen atoms in total. The molecule has 4 N–H and O–H groups in total. The van der Waals surface area contributed by atoms with E-state index in [1.54, 1.807) is 18.0 Å². The van der Waals surface area contributed by atoms with Gasteiger partial charge < -0.3 is 20.5 Å². The summed E-state index contributed by atoms with van der Waals surface area (Å²) in [7, 11) is 1.79. The molecule has 2 bridgehead atoms. The van der Waals surface area contributed by atoms with Crippen LogP contribution < -0.4 is 10.6 Å². The van der Waals surface area contributed by atoms with E-state index in [0.717, 1.165) is 39.5 Å². The van der Waals surface area contributed by atoms with E-state index in [-0.39, 0.29) is 11.8 Å². The second-order valence-corrected chi connectivity index (χ2v) is 8.13. The summed E-state index contributed by atoms with van der Waals surface area (Å²) in [5.74, 6) is -0.266. The first-order chi connectivity index (χ1) is 14.9. The van der Waals surface area contributed by atoms with Crippen LogP contribution in [-0.4, -0.2) is 52.0 Å². The van der Waals surface area contributed by atoms with Crippen molar-refractivity contribution in [3.63, 3.8) is 0 Å². The van der Waals surface area contributed by atoms with Crippen LogP contribution in [0.4, 0.5) is 5.69 Å². The SMILES string of the molecule is Cc1cc2c([nH]1)/C=C1\C(=O)Nc3ccc(cc31)-c1c(n[nH]c1C)CNCCN(C)C2=O. The molecule has 0 unspecified atom stereocenters. The Morgan fingerprint density at radius 2 is 1.94 bits per heavy atom. The molecule has 3 aromatic rings. The Kier molecular flexibility index (Phi) is 4.51. The molecule has 0 aliphatic carbocycles. The van der Waals surface area contributed by atoms with Gasteiger partial charge in [-0.2, -0.15) is 5.10 Å². The monoisotopic (exact) mass is 416 g/mol. The highest BCUT2D eigenvalue weighted by Crippen LogP contribution is 2.38. The quantitative estimate of drug-likeness (QED) is 0.452. The zero-order valence-electron chi connectivity index (χ0n) is 17.7. The van der Waals surface area contributed by atoms with E-state index in [2.05, 4.69) is 25.8 Å². The van der Waals surface area contributed by atoms with Crippen LogP contribution in [-0.2, 0) is 11.3 Å². The van der Waals surface area contributed by atoms with Gasteiger partial charge in [-0.3, -0.25) is 14.7 Å². The number of hydrogen-bond donors (Lipinski definition) is 4. The Balaban J connectivity index is 1.72. The average Bonchev–Trinajstić information content (AvgIpc) is 3.39. The minimum absolute atomic E-state index is 0.0865. The van der Waals surface area contributed by atoms with Gasteiger partial charge in [-0.05, 0) is 43.7 Å². The normalized spacial score (nSPS) is 17.9. The third-order valence-corrected chi connectivity index (χ3v) is 5.88. The van der Waals surface area contributed by atoms with E-state index < -0.39 is 0 Å². The Morgan fingerprint density at radius 3 is 2.77 bits per heavy atom. The fourth-order valence-corrected chi connectivity index (χ4v) is 4.28. The number of aromatic nitrogens is 3. The molecule has 158 valence electrons. The maximum absolute atomic E-state index is 13.1. The van der Waals surface area contributed by atoms with Gasteiger partial charge in [0.2, 0.25) is 0 Å². The number of anilines is 1. The zero-order valence-corrected chi connectivity index (χ0v) is 17.7. The predicted molar refractivity (Wildman–Crippen MR) is 119 cm³/mol. The second-order valence-electron chi connectivity index (χ2n) is 8.13. The number of hydrogen-bond acceptors (Lipinski definition) is 4. The van der Waals surface area contributed by atoms with Crippen LogP contribution in [0, 0.1) is 13.8 Å².